The Morgan fingerprint density at radius 2 is 2.00 bits per heavy atom. The quantitative estimate of drug-likeness (QED) is 0.746. The van der Waals surface area contributed by atoms with Crippen molar-refractivity contribution in [1.82, 2.24) is 9.38 Å². The summed E-state index contributed by atoms with van der Waals surface area (Å²) in [5.41, 5.74) is 7.89. The number of aromatic nitrogens is 2. The molecule has 4 nitrogen and oxygen atoms in total. The highest BCUT2D eigenvalue weighted by Crippen LogP contribution is 2.18. The Morgan fingerprint density at radius 3 is 2.74 bits per heavy atom. The summed E-state index contributed by atoms with van der Waals surface area (Å²) in [5.74, 6) is 0.761. The van der Waals surface area contributed by atoms with Crippen LogP contribution in [-0.4, -0.2) is 9.38 Å². The van der Waals surface area contributed by atoms with E-state index in [4.69, 9.17) is 22.1 Å². The molecule has 3 aromatic rings. The largest absolute Gasteiger partial charge is 0.487 e. The van der Waals surface area contributed by atoms with E-state index in [1.54, 1.807) is 12.1 Å². The number of benzene rings is 1. The van der Waals surface area contributed by atoms with Gasteiger partial charge in [-0.25, -0.2) is 4.98 Å². The van der Waals surface area contributed by atoms with Crippen LogP contribution < -0.4 is 10.5 Å². The van der Waals surface area contributed by atoms with Crippen molar-refractivity contribution in [2.45, 2.75) is 6.61 Å². The molecule has 0 bridgehead atoms. The van der Waals surface area contributed by atoms with Gasteiger partial charge in [0, 0.05) is 18.1 Å². The number of hydrogen-bond acceptors (Lipinski definition) is 3. The van der Waals surface area contributed by atoms with Gasteiger partial charge in [-0.3, -0.25) is 0 Å². The molecule has 0 spiro atoms. The summed E-state index contributed by atoms with van der Waals surface area (Å²) < 4.78 is 7.52. The summed E-state index contributed by atoms with van der Waals surface area (Å²) in [4.78, 5) is 4.43. The van der Waals surface area contributed by atoms with Gasteiger partial charge in [0.15, 0.2) is 5.65 Å². The molecule has 0 unspecified atom stereocenters. The fourth-order valence-corrected chi connectivity index (χ4v) is 2.03. The smallest absolute Gasteiger partial charge is 0.155 e. The maximum Gasteiger partial charge on any atom is 0.155 e. The second kappa shape index (κ2) is 4.82. The van der Waals surface area contributed by atoms with E-state index in [0.29, 0.717) is 17.3 Å². The predicted octanol–water partition coefficient (Wildman–Crippen LogP) is 3.15. The number of fused-ring (bicyclic) bond motifs is 1. The molecule has 96 valence electrons. The number of anilines is 1. The number of hydrogen-bond donors (Lipinski definition) is 1. The fraction of sp³-hybridized carbons (Fsp3) is 0.0714. The van der Waals surface area contributed by atoms with Crippen molar-refractivity contribution >= 4 is 22.9 Å². The van der Waals surface area contributed by atoms with Crippen LogP contribution in [0.15, 0.2) is 48.8 Å². The zero-order chi connectivity index (χ0) is 13.2. The zero-order valence-electron chi connectivity index (χ0n) is 10.1. The van der Waals surface area contributed by atoms with Crippen LogP contribution in [-0.2, 0) is 6.61 Å². The van der Waals surface area contributed by atoms with Crippen LogP contribution in [0.3, 0.4) is 0 Å². The first kappa shape index (κ1) is 11.9. The molecule has 19 heavy (non-hydrogen) atoms. The van der Waals surface area contributed by atoms with Crippen molar-refractivity contribution in [1.29, 1.82) is 0 Å². The van der Waals surface area contributed by atoms with Crippen molar-refractivity contribution in [2.24, 2.45) is 0 Å². The van der Waals surface area contributed by atoms with Crippen molar-refractivity contribution in [3.8, 4) is 5.75 Å². The normalized spacial score (nSPS) is 10.8. The van der Waals surface area contributed by atoms with Gasteiger partial charge in [0.1, 0.15) is 12.4 Å². The molecule has 2 heterocycles. The second-order valence-corrected chi connectivity index (χ2v) is 4.58. The molecule has 0 amide bonds. The highest BCUT2D eigenvalue weighted by atomic mass is 35.5. The molecule has 0 aliphatic heterocycles. The molecule has 0 radical (unpaired) electrons. The van der Waals surface area contributed by atoms with E-state index in [1.165, 1.54) is 0 Å². The van der Waals surface area contributed by atoms with Gasteiger partial charge in [-0.1, -0.05) is 11.6 Å². The van der Waals surface area contributed by atoms with Crippen LogP contribution in [0.25, 0.3) is 5.65 Å². The molecule has 2 aromatic heterocycles. The Morgan fingerprint density at radius 1 is 1.21 bits per heavy atom. The zero-order valence-corrected chi connectivity index (χ0v) is 10.8. The molecule has 0 saturated heterocycles. The lowest BCUT2D eigenvalue weighted by Gasteiger charge is -2.03. The Balaban J connectivity index is 1.78. The van der Waals surface area contributed by atoms with Gasteiger partial charge in [0.2, 0.25) is 0 Å². The lowest BCUT2D eigenvalue weighted by Crippen LogP contribution is -1.95. The highest BCUT2D eigenvalue weighted by molar-refractivity contribution is 6.33. The Kier molecular flexibility index (Phi) is 3.01. The third-order valence-electron chi connectivity index (χ3n) is 2.75. The molecule has 0 aliphatic carbocycles. The maximum atomic E-state index is 6.07. The predicted molar refractivity (Wildman–Crippen MR) is 75.4 cm³/mol. The van der Waals surface area contributed by atoms with Gasteiger partial charge in [-0.05, 0) is 36.4 Å². The van der Waals surface area contributed by atoms with E-state index >= 15 is 0 Å². The van der Waals surface area contributed by atoms with Gasteiger partial charge in [0.05, 0.1) is 10.7 Å². The van der Waals surface area contributed by atoms with Gasteiger partial charge in [0.25, 0.3) is 0 Å². The van der Waals surface area contributed by atoms with Crippen molar-refractivity contribution in [3.05, 3.63) is 59.5 Å². The van der Waals surface area contributed by atoms with Crippen LogP contribution in [0, 0.1) is 0 Å². The molecule has 2 N–H and O–H groups in total. The van der Waals surface area contributed by atoms with E-state index in [9.17, 15) is 0 Å². The number of pyridine rings is 1. The monoisotopic (exact) mass is 273 g/mol. The minimum absolute atomic E-state index is 0.391. The Labute approximate surface area is 115 Å². The van der Waals surface area contributed by atoms with Gasteiger partial charge < -0.3 is 14.9 Å². The molecular weight excluding hydrogens is 262 g/mol. The van der Waals surface area contributed by atoms with Crippen LogP contribution in [0.2, 0.25) is 5.02 Å². The third kappa shape index (κ3) is 2.48. The van der Waals surface area contributed by atoms with E-state index in [2.05, 4.69) is 4.98 Å². The number of ether oxygens (including phenoxy) is 1. The molecule has 0 atom stereocenters. The molecule has 0 fully saturated rings. The molecule has 3 rings (SSSR count). The number of rotatable bonds is 3. The molecule has 5 heteroatoms. The Bertz CT molecular complexity index is 706. The summed E-state index contributed by atoms with van der Waals surface area (Å²) in [7, 11) is 0. The molecule has 0 aliphatic rings. The van der Waals surface area contributed by atoms with E-state index in [-0.39, 0.29) is 0 Å². The number of imidazole rings is 1. The van der Waals surface area contributed by atoms with Gasteiger partial charge in [-0.15, -0.1) is 0 Å². The van der Waals surface area contributed by atoms with Gasteiger partial charge >= 0.3 is 0 Å². The summed E-state index contributed by atoms with van der Waals surface area (Å²) in [5, 5.41) is 0.626. The standard InChI is InChI=1S/C14H12ClN3O/c15-13-2-1-7-18-8-11(17-14(13)18)9-19-12-5-3-10(16)4-6-12/h1-8H,9,16H2. The lowest BCUT2D eigenvalue weighted by molar-refractivity contribution is 0.302. The summed E-state index contributed by atoms with van der Waals surface area (Å²) >= 11 is 6.07. The summed E-state index contributed by atoms with van der Waals surface area (Å²) in [6.07, 6.45) is 3.81. The average molecular weight is 274 g/mol. The van der Waals surface area contributed by atoms with Crippen LogP contribution >= 0.6 is 11.6 Å². The van der Waals surface area contributed by atoms with Gasteiger partial charge in [-0.2, -0.15) is 0 Å². The average Bonchev–Trinajstić information content (AvgIpc) is 2.83. The minimum Gasteiger partial charge on any atom is -0.487 e. The van der Waals surface area contributed by atoms with Crippen molar-refractivity contribution in [2.75, 3.05) is 5.73 Å². The topological polar surface area (TPSA) is 52.5 Å². The first-order chi connectivity index (χ1) is 9.22. The molecule has 0 saturated carbocycles. The van der Waals surface area contributed by atoms with Crippen molar-refractivity contribution in [3.63, 3.8) is 0 Å². The minimum atomic E-state index is 0.391. The number of nitrogens with zero attached hydrogens (tertiary/aromatic N) is 2. The fourth-order valence-electron chi connectivity index (χ4n) is 1.82. The summed E-state index contributed by atoms with van der Waals surface area (Å²) in [6.45, 7) is 0.391. The molecule has 1 aromatic carbocycles. The summed E-state index contributed by atoms with van der Waals surface area (Å²) in [6, 6.07) is 11.0. The Hall–Kier alpha value is -2.20. The van der Waals surface area contributed by atoms with Crippen LogP contribution in [0.1, 0.15) is 5.69 Å². The SMILES string of the molecule is Nc1ccc(OCc2cn3cccc(Cl)c3n2)cc1. The number of nitrogen functional groups attached to an aromatic ring is 1. The number of halogens is 1. The van der Waals surface area contributed by atoms with E-state index in [1.807, 2.05) is 41.1 Å². The first-order valence-corrected chi connectivity index (χ1v) is 6.20. The number of nitrogens with two attached hydrogens (primary N) is 1. The van der Waals surface area contributed by atoms with Crippen LogP contribution in [0.4, 0.5) is 5.69 Å². The van der Waals surface area contributed by atoms with Crippen molar-refractivity contribution < 1.29 is 4.74 Å². The second-order valence-electron chi connectivity index (χ2n) is 4.18. The third-order valence-corrected chi connectivity index (χ3v) is 3.05. The van der Waals surface area contributed by atoms with E-state index < -0.39 is 0 Å². The first-order valence-electron chi connectivity index (χ1n) is 5.83. The lowest BCUT2D eigenvalue weighted by atomic mass is 10.3. The highest BCUT2D eigenvalue weighted by Gasteiger charge is 2.05. The van der Waals surface area contributed by atoms with E-state index in [0.717, 1.165) is 17.1 Å². The van der Waals surface area contributed by atoms with Crippen LogP contribution in [0.5, 0.6) is 5.75 Å². The molecular formula is C14H12ClN3O. The maximum absolute atomic E-state index is 6.07.